The van der Waals surface area contributed by atoms with Gasteiger partial charge >= 0.3 is 5.97 Å². The van der Waals surface area contributed by atoms with Crippen molar-refractivity contribution in [2.45, 2.75) is 25.0 Å². The summed E-state index contributed by atoms with van der Waals surface area (Å²) in [6, 6.07) is 3.80. The molecule has 106 valence electrons. The maximum absolute atomic E-state index is 13.8. The summed E-state index contributed by atoms with van der Waals surface area (Å²) in [4.78, 5) is 10.5. The fraction of sp³-hybridized carbons (Fsp3) is 0.462. The average Bonchev–Trinajstić information content (AvgIpc) is 2.34. The monoisotopic (exact) mass is 271 g/mol. The van der Waals surface area contributed by atoms with Crippen LogP contribution in [0.5, 0.6) is 0 Å². The van der Waals surface area contributed by atoms with Crippen LogP contribution in [0.1, 0.15) is 23.7 Å². The highest BCUT2D eigenvalue weighted by Gasteiger charge is 2.21. The van der Waals surface area contributed by atoms with Crippen LogP contribution >= 0.6 is 0 Å². The normalized spacial score (nSPS) is 14.1. The number of hydrogen-bond acceptors (Lipinski definition) is 4. The van der Waals surface area contributed by atoms with Crippen LogP contribution in [0.15, 0.2) is 18.2 Å². The molecule has 5 nitrogen and oxygen atoms in total. The Balaban J connectivity index is 2.80. The number of carboxylic acids is 1. The Morgan fingerprint density at radius 2 is 2.11 bits per heavy atom. The maximum atomic E-state index is 13.8. The van der Waals surface area contributed by atoms with E-state index in [4.69, 9.17) is 5.11 Å². The summed E-state index contributed by atoms with van der Waals surface area (Å²) in [6.45, 7) is 0.497. The molecule has 0 bridgehead atoms. The third-order valence-corrected chi connectivity index (χ3v) is 2.79. The number of aliphatic hydroxyl groups is 2. The first kappa shape index (κ1) is 15.6. The van der Waals surface area contributed by atoms with Crippen LogP contribution in [-0.2, 0) is 11.2 Å². The molecule has 1 rings (SSSR count). The van der Waals surface area contributed by atoms with E-state index in [0.717, 1.165) is 6.07 Å². The van der Waals surface area contributed by atoms with Crippen molar-refractivity contribution in [1.29, 1.82) is 0 Å². The zero-order valence-corrected chi connectivity index (χ0v) is 10.6. The van der Waals surface area contributed by atoms with E-state index in [9.17, 15) is 19.4 Å². The number of aliphatic carboxylic acids is 1. The molecule has 4 N–H and O–H groups in total. The molecule has 0 saturated carbocycles. The van der Waals surface area contributed by atoms with Crippen LogP contribution in [0, 0.1) is 5.82 Å². The average molecular weight is 271 g/mol. The van der Waals surface area contributed by atoms with Gasteiger partial charge in [-0.2, -0.15) is 0 Å². The second kappa shape index (κ2) is 7.18. The lowest BCUT2D eigenvalue weighted by atomic mass is 9.99. The number of carbonyl (C=O) groups is 1. The molecule has 2 atom stereocenters. The molecular formula is C13H18FNO4. The predicted octanol–water partition coefficient (Wildman–Crippen LogP) is 0.457. The van der Waals surface area contributed by atoms with Gasteiger partial charge in [-0.1, -0.05) is 12.1 Å². The molecule has 0 aliphatic carbocycles. The molecule has 0 fully saturated rings. The zero-order valence-electron chi connectivity index (χ0n) is 10.6. The molecule has 0 aliphatic heterocycles. The van der Waals surface area contributed by atoms with Gasteiger partial charge in [-0.3, -0.25) is 4.79 Å². The number of rotatable bonds is 7. The molecule has 0 spiro atoms. The molecule has 1 aromatic carbocycles. The van der Waals surface area contributed by atoms with Crippen LogP contribution in [0.25, 0.3) is 0 Å². The Hall–Kier alpha value is -1.50. The second-order valence-corrected chi connectivity index (χ2v) is 4.33. The van der Waals surface area contributed by atoms with Gasteiger partial charge in [0.05, 0.1) is 12.5 Å². The van der Waals surface area contributed by atoms with Crippen molar-refractivity contribution >= 4 is 5.97 Å². The van der Waals surface area contributed by atoms with Gasteiger partial charge in [0.15, 0.2) is 0 Å². The van der Waals surface area contributed by atoms with Crippen LogP contribution in [0.3, 0.4) is 0 Å². The number of benzene rings is 1. The van der Waals surface area contributed by atoms with Gasteiger partial charge in [-0.15, -0.1) is 0 Å². The summed E-state index contributed by atoms with van der Waals surface area (Å²) >= 11 is 0. The third-order valence-electron chi connectivity index (χ3n) is 2.79. The summed E-state index contributed by atoms with van der Waals surface area (Å²) < 4.78 is 13.8. The van der Waals surface area contributed by atoms with Crippen molar-refractivity contribution < 1.29 is 24.5 Å². The van der Waals surface area contributed by atoms with E-state index in [0.29, 0.717) is 12.1 Å². The van der Waals surface area contributed by atoms with Crippen molar-refractivity contribution in [1.82, 2.24) is 5.32 Å². The standard InChI is InChI=1S/C13H18FNO4/c1-15-5-4-11(16)13(19)9-3-2-8(6-10(9)14)7-12(17)18/h2-3,6,11,13,15-16,19H,4-5,7H2,1H3,(H,17,18). The minimum atomic E-state index is -1.33. The minimum Gasteiger partial charge on any atom is -0.481 e. The van der Waals surface area contributed by atoms with Crippen LogP contribution in [0.4, 0.5) is 4.39 Å². The smallest absolute Gasteiger partial charge is 0.307 e. The van der Waals surface area contributed by atoms with Gasteiger partial charge < -0.3 is 20.6 Å². The molecule has 1 aromatic rings. The highest BCUT2D eigenvalue weighted by molar-refractivity contribution is 5.70. The van der Waals surface area contributed by atoms with E-state index >= 15 is 0 Å². The lowest BCUT2D eigenvalue weighted by Crippen LogP contribution is -2.24. The Morgan fingerprint density at radius 1 is 1.42 bits per heavy atom. The number of hydrogen-bond donors (Lipinski definition) is 4. The predicted molar refractivity (Wildman–Crippen MR) is 67.3 cm³/mol. The maximum Gasteiger partial charge on any atom is 0.307 e. The Bertz CT molecular complexity index is 439. The quantitative estimate of drug-likeness (QED) is 0.578. The van der Waals surface area contributed by atoms with E-state index in [1.807, 2.05) is 0 Å². The SMILES string of the molecule is CNCCC(O)C(O)c1ccc(CC(=O)O)cc1F. The van der Waals surface area contributed by atoms with Crippen molar-refractivity contribution in [3.8, 4) is 0 Å². The molecule has 2 unspecified atom stereocenters. The zero-order chi connectivity index (χ0) is 14.4. The fourth-order valence-electron chi connectivity index (χ4n) is 1.75. The lowest BCUT2D eigenvalue weighted by molar-refractivity contribution is -0.136. The molecule has 0 heterocycles. The van der Waals surface area contributed by atoms with Crippen molar-refractivity contribution in [2.75, 3.05) is 13.6 Å². The van der Waals surface area contributed by atoms with E-state index in [1.54, 1.807) is 7.05 Å². The molecule has 0 aliphatic rings. The van der Waals surface area contributed by atoms with Gasteiger partial charge in [0.1, 0.15) is 11.9 Å². The number of aliphatic hydroxyl groups excluding tert-OH is 2. The summed E-state index contributed by atoms with van der Waals surface area (Å²) in [6.07, 6.45) is -2.40. The van der Waals surface area contributed by atoms with E-state index in [2.05, 4.69) is 5.32 Å². The Morgan fingerprint density at radius 3 is 2.63 bits per heavy atom. The summed E-state index contributed by atoms with van der Waals surface area (Å²) in [5.41, 5.74) is 0.281. The lowest BCUT2D eigenvalue weighted by Gasteiger charge is -2.18. The third kappa shape index (κ3) is 4.59. The van der Waals surface area contributed by atoms with Crippen molar-refractivity contribution in [3.05, 3.63) is 35.1 Å². The molecule has 0 radical (unpaired) electrons. The number of halogens is 1. The molecule has 0 amide bonds. The van der Waals surface area contributed by atoms with E-state index in [-0.39, 0.29) is 18.4 Å². The Labute approximate surface area is 110 Å². The number of nitrogens with one attached hydrogen (secondary N) is 1. The molecule has 0 aromatic heterocycles. The van der Waals surface area contributed by atoms with Gasteiger partial charge in [0, 0.05) is 5.56 Å². The van der Waals surface area contributed by atoms with Crippen molar-refractivity contribution in [3.63, 3.8) is 0 Å². The molecule has 0 saturated heterocycles. The first-order chi connectivity index (χ1) is 8.95. The fourth-order valence-corrected chi connectivity index (χ4v) is 1.75. The summed E-state index contributed by atoms with van der Waals surface area (Å²) in [7, 11) is 1.71. The highest BCUT2D eigenvalue weighted by atomic mass is 19.1. The topological polar surface area (TPSA) is 89.8 Å². The Kier molecular flexibility index (Phi) is 5.88. The number of carboxylic acid groups (broad SMARTS) is 1. The summed E-state index contributed by atoms with van der Waals surface area (Å²) in [5, 5.41) is 30.9. The van der Waals surface area contributed by atoms with E-state index in [1.165, 1.54) is 12.1 Å². The van der Waals surface area contributed by atoms with Gasteiger partial charge in [0.2, 0.25) is 0 Å². The largest absolute Gasteiger partial charge is 0.481 e. The molecule has 6 heteroatoms. The van der Waals surface area contributed by atoms with Crippen LogP contribution < -0.4 is 5.32 Å². The van der Waals surface area contributed by atoms with E-state index < -0.39 is 24.0 Å². The molecular weight excluding hydrogens is 253 g/mol. The molecule has 19 heavy (non-hydrogen) atoms. The second-order valence-electron chi connectivity index (χ2n) is 4.33. The van der Waals surface area contributed by atoms with Crippen LogP contribution in [0.2, 0.25) is 0 Å². The van der Waals surface area contributed by atoms with Gasteiger partial charge in [-0.05, 0) is 31.6 Å². The van der Waals surface area contributed by atoms with Crippen LogP contribution in [-0.4, -0.2) is 41.0 Å². The first-order valence-electron chi connectivity index (χ1n) is 5.96. The summed E-state index contributed by atoms with van der Waals surface area (Å²) in [5.74, 6) is -1.77. The van der Waals surface area contributed by atoms with Crippen molar-refractivity contribution in [2.24, 2.45) is 0 Å². The first-order valence-corrected chi connectivity index (χ1v) is 5.96. The minimum absolute atomic E-state index is 0.0299. The van der Waals surface area contributed by atoms with Gasteiger partial charge in [0.25, 0.3) is 0 Å². The van der Waals surface area contributed by atoms with Gasteiger partial charge in [-0.25, -0.2) is 4.39 Å². The highest BCUT2D eigenvalue weighted by Crippen LogP contribution is 2.23.